The highest BCUT2D eigenvalue weighted by molar-refractivity contribution is 7.98. The molecule has 0 aromatic carbocycles. The second-order valence-electron chi connectivity index (χ2n) is 3.57. The van der Waals surface area contributed by atoms with E-state index >= 15 is 0 Å². The Bertz CT molecular complexity index is 260. The number of hydrogen-bond acceptors (Lipinski definition) is 4. The van der Waals surface area contributed by atoms with E-state index < -0.39 is 0 Å². The lowest BCUT2D eigenvalue weighted by Crippen LogP contribution is -2.21. The van der Waals surface area contributed by atoms with Gasteiger partial charge in [-0.15, -0.1) is 11.3 Å². The average molecular weight is 230 g/mol. The molecule has 1 unspecified atom stereocenters. The number of rotatable bonds is 6. The fraction of sp³-hybridized carbons (Fsp3) is 0.700. The molecule has 1 heterocycles. The number of nitrogens with one attached hydrogen (secondary N) is 1. The first-order valence-corrected chi connectivity index (χ1v) is 7.10. The summed E-state index contributed by atoms with van der Waals surface area (Å²) >= 11 is 3.64. The lowest BCUT2D eigenvalue weighted by molar-refractivity contribution is 0.558. The van der Waals surface area contributed by atoms with Gasteiger partial charge in [0.15, 0.2) is 0 Å². The van der Waals surface area contributed by atoms with Crippen molar-refractivity contribution in [1.29, 1.82) is 0 Å². The molecular weight excluding hydrogens is 212 g/mol. The Hall–Kier alpha value is -0.0600. The van der Waals surface area contributed by atoms with Gasteiger partial charge in [-0.1, -0.05) is 6.92 Å². The van der Waals surface area contributed by atoms with E-state index in [1.807, 2.05) is 18.7 Å². The molecule has 1 aromatic heterocycles. The molecule has 14 heavy (non-hydrogen) atoms. The Morgan fingerprint density at radius 3 is 3.00 bits per heavy atom. The Kier molecular flexibility index (Phi) is 5.52. The van der Waals surface area contributed by atoms with Crippen LogP contribution in [0.25, 0.3) is 0 Å². The molecule has 0 saturated heterocycles. The minimum Gasteiger partial charge on any atom is -0.310 e. The molecule has 0 bridgehead atoms. The second-order valence-corrected chi connectivity index (χ2v) is 5.43. The van der Waals surface area contributed by atoms with E-state index in [1.165, 1.54) is 10.8 Å². The van der Waals surface area contributed by atoms with Crippen LogP contribution in [-0.2, 0) is 6.54 Å². The minimum atomic E-state index is 0.742. The van der Waals surface area contributed by atoms with Crippen LogP contribution in [-0.4, -0.2) is 23.5 Å². The van der Waals surface area contributed by atoms with Gasteiger partial charge in [0, 0.05) is 17.6 Å². The summed E-state index contributed by atoms with van der Waals surface area (Å²) < 4.78 is 0. The summed E-state index contributed by atoms with van der Waals surface area (Å²) in [6.45, 7) is 6.31. The van der Waals surface area contributed by atoms with Crippen LogP contribution < -0.4 is 5.32 Å². The van der Waals surface area contributed by atoms with Crippen LogP contribution in [0.1, 0.15) is 17.6 Å². The van der Waals surface area contributed by atoms with E-state index in [0.29, 0.717) is 0 Å². The monoisotopic (exact) mass is 230 g/mol. The van der Waals surface area contributed by atoms with Crippen LogP contribution in [0.3, 0.4) is 0 Å². The van der Waals surface area contributed by atoms with Crippen molar-refractivity contribution in [3.8, 4) is 0 Å². The lowest BCUT2D eigenvalue weighted by Gasteiger charge is -2.09. The van der Waals surface area contributed by atoms with Crippen LogP contribution in [0.2, 0.25) is 0 Å². The van der Waals surface area contributed by atoms with Gasteiger partial charge in [0.25, 0.3) is 0 Å². The van der Waals surface area contributed by atoms with Gasteiger partial charge < -0.3 is 5.32 Å². The van der Waals surface area contributed by atoms with Crippen molar-refractivity contribution < 1.29 is 0 Å². The molecule has 0 aliphatic heterocycles. The normalized spacial score (nSPS) is 13.1. The van der Waals surface area contributed by atoms with E-state index in [1.54, 1.807) is 11.3 Å². The summed E-state index contributed by atoms with van der Waals surface area (Å²) in [5.74, 6) is 1.97. The Morgan fingerprint density at radius 2 is 2.43 bits per heavy atom. The maximum absolute atomic E-state index is 4.40. The SMILES string of the molecule is CSCC(C)CNCc1nc(C)cs1. The van der Waals surface area contributed by atoms with Crippen LogP contribution in [0.4, 0.5) is 0 Å². The zero-order chi connectivity index (χ0) is 10.4. The zero-order valence-corrected chi connectivity index (χ0v) is 10.7. The third-order valence-electron chi connectivity index (χ3n) is 1.89. The van der Waals surface area contributed by atoms with Crippen molar-refractivity contribution in [2.45, 2.75) is 20.4 Å². The Morgan fingerprint density at radius 1 is 1.64 bits per heavy atom. The Labute approximate surface area is 94.5 Å². The van der Waals surface area contributed by atoms with Crippen molar-refractivity contribution in [2.24, 2.45) is 5.92 Å². The van der Waals surface area contributed by atoms with Crippen molar-refractivity contribution in [2.75, 3.05) is 18.6 Å². The third kappa shape index (κ3) is 4.44. The molecule has 1 aromatic rings. The fourth-order valence-electron chi connectivity index (χ4n) is 1.25. The molecule has 1 atom stereocenters. The number of hydrogen-bond donors (Lipinski definition) is 1. The summed E-state index contributed by atoms with van der Waals surface area (Å²) in [6.07, 6.45) is 2.15. The molecule has 0 fully saturated rings. The number of aromatic nitrogens is 1. The maximum atomic E-state index is 4.40. The molecule has 80 valence electrons. The first-order chi connectivity index (χ1) is 6.72. The third-order valence-corrected chi connectivity index (χ3v) is 3.76. The minimum absolute atomic E-state index is 0.742. The van der Waals surface area contributed by atoms with Crippen molar-refractivity contribution in [1.82, 2.24) is 10.3 Å². The lowest BCUT2D eigenvalue weighted by atomic mass is 10.2. The predicted molar refractivity (Wildman–Crippen MR) is 66.1 cm³/mol. The first-order valence-electron chi connectivity index (χ1n) is 4.83. The number of thiazole rings is 1. The van der Waals surface area contributed by atoms with E-state index in [0.717, 1.165) is 24.7 Å². The highest BCUT2D eigenvalue weighted by atomic mass is 32.2. The highest BCUT2D eigenvalue weighted by Crippen LogP contribution is 2.08. The summed E-state index contributed by atoms with van der Waals surface area (Å²) in [5.41, 5.74) is 1.13. The van der Waals surface area contributed by atoms with Gasteiger partial charge in [0.1, 0.15) is 5.01 Å². The molecule has 0 saturated carbocycles. The summed E-state index contributed by atoms with van der Waals surface area (Å²) in [7, 11) is 0. The van der Waals surface area contributed by atoms with Gasteiger partial charge in [-0.05, 0) is 31.4 Å². The average Bonchev–Trinajstić information content (AvgIpc) is 2.52. The van der Waals surface area contributed by atoms with Crippen molar-refractivity contribution in [3.63, 3.8) is 0 Å². The van der Waals surface area contributed by atoms with Crippen molar-refractivity contribution in [3.05, 3.63) is 16.1 Å². The standard InChI is InChI=1S/C10H18N2S2/c1-8(6-13-3)4-11-5-10-12-9(2)7-14-10/h7-8,11H,4-6H2,1-3H3. The predicted octanol–water partition coefficient (Wildman–Crippen LogP) is 2.54. The molecular formula is C10H18N2S2. The number of nitrogens with zero attached hydrogens (tertiary/aromatic N) is 1. The van der Waals surface area contributed by atoms with Crippen LogP contribution in [0, 0.1) is 12.8 Å². The molecule has 1 rings (SSSR count). The largest absolute Gasteiger partial charge is 0.310 e. The maximum Gasteiger partial charge on any atom is 0.107 e. The first kappa shape index (κ1) is 12.0. The van der Waals surface area contributed by atoms with Gasteiger partial charge in [-0.3, -0.25) is 0 Å². The molecule has 0 amide bonds. The molecule has 4 heteroatoms. The van der Waals surface area contributed by atoms with E-state index in [9.17, 15) is 0 Å². The van der Waals surface area contributed by atoms with Crippen LogP contribution in [0.5, 0.6) is 0 Å². The summed E-state index contributed by atoms with van der Waals surface area (Å²) in [5, 5.41) is 6.73. The topological polar surface area (TPSA) is 24.9 Å². The zero-order valence-electron chi connectivity index (χ0n) is 9.04. The molecule has 0 radical (unpaired) electrons. The fourth-order valence-corrected chi connectivity index (χ4v) is 2.68. The van der Waals surface area contributed by atoms with Gasteiger partial charge in [0.2, 0.25) is 0 Å². The number of thioether (sulfide) groups is 1. The molecule has 2 nitrogen and oxygen atoms in total. The molecule has 0 aliphatic rings. The smallest absolute Gasteiger partial charge is 0.107 e. The van der Waals surface area contributed by atoms with Gasteiger partial charge in [-0.25, -0.2) is 4.98 Å². The van der Waals surface area contributed by atoms with Crippen molar-refractivity contribution >= 4 is 23.1 Å². The van der Waals surface area contributed by atoms with Gasteiger partial charge in [0.05, 0.1) is 0 Å². The molecule has 0 spiro atoms. The van der Waals surface area contributed by atoms with E-state index in [4.69, 9.17) is 0 Å². The van der Waals surface area contributed by atoms with Gasteiger partial charge >= 0.3 is 0 Å². The molecule has 0 aliphatic carbocycles. The summed E-state index contributed by atoms with van der Waals surface area (Å²) in [6, 6.07) is 0. The number of aryl methyl sites for hydroxylation is 1. The summed E-state index contributed by atoms with van der Waals surface area (Å²) in [4.78, 5) is 4.40. The van der Waals surface area contributed by atoms with Crippen LogP contribution in [0.15, 0.2) is 5.38 Å². The molecule has 1 N–H and O–H groups in total. The quantitative estimate of drug-likeness (QED) is 0.813. The van der Waals surface area contributed by atoms with E-state index in [-0.39, 0.29) is 0 Å². The highest BCUT2D eigenvalue weighted by Gasteiger charge is 2.01. The second kappa shape index (κ2) is 6.43. The van der Waals surface area contributed by atoms with Gasteiger partial charge in [-0.2, -0.15) is 11.8 Å². The Balaban J connectivity index is 2.15. The van der Waals surface area contributed by atoms with E-state index in [2.05, 4.69) is 28.9 Å². The van der Waals surface area contributed by atoms with Crippen LogP contribution >= 0.6 is 23.1 Å².